The second-order valence-electron chi connectivity index (χ2n) is 10.2. The van der Waals surface area contributed by atoms with E-state index in [0.29, 0.717) is 22.8 Å². The van der Waals surface area contributed by atoms with E-state index in [1.807, 2.05) is 92.7 Å². The number of aromatic nitrogens is 1. The monoisotopic (exact) mass is 710 g/mol. The van der Waals surface area contributed by atoms with Crippen molar-refractivity contribution in [1.29, 1.82) is 0 Å². The maximum atomic E-state index is 13.5. The average Bonchev–Trinajstić information content (AvgIpc) is 3.44. The van der Waals surface area contributed by atoms with Crippen LogP contribution in [0.3, 0.4) is 0 Å². The third-order valence-electron chi connectivity index (χ3n) is 6.82. The van der Waals surface area contributed by atoms with E-state index in [9.17, 15) is 14.4 Å². The van der Waals surface area contributed by atoms with Gasteiger partial charge in [0.05, 0.1) is 10.9 Å². The van der Waals surface area contributed by atoms with Crippen LogP contribution < -0.4 is 16.0 Å². The largest absolute Gasteiger partial charge is 0.321 e. The molecule has 1 atom stereocenters. The molecule has 0 fully saturated rings. The van der Waals surface area contributed by atoms with Gasteiger partial charge < -0.3 is 16.0 Å². The maximum absolute atomic E-state index is 13.5. The number of hydrogen-bond acceptors (Lipinski definition) is 6. The molecule has 7 nitrogen and oxygen atoms in total. The fourth-order valence-corrected chi connectivity index (χ4v) is 6.62. The number of hydrogen-bond donors (Lipinski definition) is 3. The Balaban J connectivity index is 1.28. The van der Waals surface area contributed by atoms with Gasteiger partial charge in [-0.05, 0) is 67.4 Å². The van der Waals surface area contributed by atoms with Crippen molar-refractivity contribution >= 4 is 73.6 Å². The Morgan fingerprint density at radius 1 is 0.891 bits per heavy atom. The van der Waals surface area contributed by atoms with Crippen LogP contribution in [0.5, 0.6) is 0 Å². The van der Waals surface area contributed by atoms with Crippen LogP contribution in [-0.4, -0.2) is 28.0 Å². The Bertz CT molecular complexity index is 1860. The zero-order chi connectivity index (χ0) is 32.5. The van der Waals surface area contributed by atoms with Crippen LogP contribution in [0.1, 0.15) is 34.1 Å². The Hall–Kier alpha value is -4.51. The molecule has 232 valence electrons. The first kappa shape index (κ1) is 32.9. The molecule has 1 aromatic heterocycles. The number of carbonyl (C=O) groups is 3. The molecule has 0 saturated heterocycles. The third kappa shape index (κ3) is 8.81. The van der Waals surface area contributed by atoms with E-state index >= 15 is 0 Å². The number of thiazole rings is 1. The van der Waals surface area contributed by atoms with E-state index in [4.69, 9.17) is 0 Å². The van der Waals surface area contributed by atoms with Crippen molar-refractivity contribution in [3.05, 3.63) is 135 Å². The van der Waals surface area contributed by atoms with Crippen LogP contribution in [0, 0.1) is 6.92 Å². The van der Waals surface area contributed by atoms with Crippen molar-refractivity contribution < 1.29 is 14.4 Å². The van der Waals surface area contributed by atoms with Crippen LogP contribution in [0.2, 0.25) is 0 Å². The summed E-state index contributed by atoms with van der Waals surface area (Å²) in [5.74, 6) is -1.02. The van der Waals surface area contributed by atoms with Crippen molar-refractivity contribution in [3.63, 3.8) is 0 Å². The smallest absolute Gasteiger partial charge is 0.272 e. The average molecular weight is 712 g/mol. The van der Waals surface area contributed by atoms with Gasteiger partial charge in [0.1, 0.15) is 5.70 Å². The van der Waals surface area contributed by atoms with E-state index in [1.54, 1.807) is 36.4 Å². The quantitative estimate of drug-likeness (QED) is 0.0940. The summed E-state index contributed by atoms with van der Waals surface area (Å²) in [5.41, 5.74) is 3.67. The lowest BCUT2D eigenvalue weighted by Crippen LogP contribution is -2.30. The zero-order valence-electron chi connectivity index (χ0n) is 25.1. The van der Waals surface area contributed by atoms with E-state index in [-0.39, 0.29) is 16.9 Å². The first-order valence-corrected chi connectivity index (χ1v) is 17.0. The van der Waals surface area contributed by atoms with E-state index in [1.165, 1.54) is 23.1 Å². The number of benzene rings is 4. The lowest BCUT2D eigenvalue weighted by molar-refractivity contribution is -0.116. The van der Waals surface area contributed by atoms with Crippen LogP contribution in [0.15, 0.2) is 124 Å². The summed E-state index contributed by atoms with van der Waals surface area (Å²) in [7, 11) is 0. The van der Waals surface area contributed by atoms with Crippen molar-refractivity contribution in [3.8, 4) is 11.3 Å². The molecule has 0 bridgehead atoms. The molecule has 1 heterocycles. The second kappa shape index (κ2) is 15.7. The van der Waals surface area contributed by atoms with Gasteiger partial charge in [-0.15, -0.1) is 23.1 Å². The van der Waals surface area contributed by atoms with Gasteiger partial charge in [0.25, 0.3) is 11.8 Å². The van der Waals surface area contributed by atoms with Gasteiger partial charge in [0.15, 0.2) is 5.13 Å². The van der Waals surface area contributed by atoms with Gasteiger partial charge in [-0.2, -0.15) is 0 Å². The van der Waals surface area contributed by atoms with Crippen LogP contribution in [-0.2, 0) is 9.59 Å². The molecule has 5 aromatic rings. The zero-order valence-corrected chi connectivity index (χ0v) is 28.3. The predicted octanol–water partition coefficient (Wildman–Crippen LogP) is 8.80. The van der Waals surface area contributed by atoms with Crippen molar-refractivity contribution in [1.82, 2.24) is 10.3 Å². The number of rotatable bonds is 11. The first-order valence-electron chi connectivity index (χ1n) is 14.5. The number of anilines is 2. The minimum Gasteiger partial charge on any atom is -0.321 e. The number of thioether (sulfide) groups is 1. The Kier molecular flexibility index (Phi) is 11.2. The van der Waals surface area contributed by atoms with Gasteiger partial charge >= 0.3 is 0 Å². The lowest BCUT2D eigenvalue weighted by atomic mass is 10.1. The predicted molar refractivity (Wildman–Crippen MR) is 192 cm³/mol. The van der Waals surface area contributed by atoms with Crippen LogP contribution in [0.25, 0.3) is 17.3 Å². The molecule has 46 heavy (non-hydrogen) atoms. The summed E-state index contributed by atoms with van der Waals surface area (Å²) in [5, 5.41) is 8.83. The normalized spacial score (nSPS) is 11.8. The van der Waals surface area contributed by atoms with Crippen molar-refractivity contribution in [2.75, 3.05) is 10.6 Å². The summed E-state index contributed by atoms with van der Waals surface area (Å²) in [6.07, 6.45) is 2.22. The Morgan fingerprint density at radius 3 is 2.28 bits per heavy atom. The van der Waals surface area contributed by atoms with Crippen molar-refractivity contribution in [2.45, 2.75) is 30.4 Å². The third-order valence-corrected chi connectivity index (χ3v) is 9.59. The van der Waals surface area contributed by atoms with E-state index < -0.39 is 11.8 Å². The number of nitrogens with one attached hydrogen (secondary N) is 3. The summed E-state index contributed by atoms with van der Waals surface area (Å²) in [6.45, 7) is 3.95. The fourth-order valence-electron chi connectivity index (χ4n) is 4.50. The highest BCUT2D eigenvalue weighted by molar-refractivity contribution is 9.10. The molecule has 3 N–H and O–H groups in total. The van der Waals surface area contributed by atoms with Crippen LogP contribution in [0.4, 0.5) is 10.8 Å². The van der Waals surface area contributed by atoms with E-state index in [2.05, 4.69) is 36.9 Å². The van der Waals surface area contributed by atoms with Gasteiger partial charge in [-0.1, -0.05) is 89.6 Å². The first-order chi connectivity index (χ1) is 22.3. The molecule has 0 aliphatic carbocycles. The molecule has 0 aliphatic heterocycles. The summed E-state index contributed by atoms with van der Waals surface area (Å²) in [4.78, 5) is 46.3. The number of halogens is 1. The minimum atomic E-state index is -0.479. The molecular formula is C36H31BrN4O3S2. The fraction of sp³-hybridized carbons (Fsp3) is 0.111. The summed E-state index contributed by atoms with van der Waals surface area (Å²) >= 11 is 6.28. The second-order valence-corrected chi connectivity index (χ2v) is 13.6. The number of carbonyl (C=O) groups excluding carboxylic acids is 3. The van der Waals surface area contributed by atoms with Crippen LogP contribution >= 0.6 is 39.0 Å². The lowest BCUT2D eigenvalue weighted by Gasteiger charge is -2.15. The molecule has 10 heteroatoms. The van der Waals surface area contributed by atoms with Gasteiger partial charge in [0.2, 0.25) is 5.91 Å². The highest BCUT2D eigenvalue weighted by Crippen LogP contribution is 2.32. The molecule has 0 spiro atoms. The topological polar surface area (TPSA) is 100 Å². The standard InChI is InChI=1S/C36H31BrN4O3S2/c1-3-31(35(44)41-36-40-32(23(2)45-36)25-11-6-4-7-12-25)46-29-16-10-15-28(22-29)38-34(43)30(21-24-17-19-27(37)20-18-24)39-33(42)26-13-8-5-9-14-26/h4-22,31H,3H2,1-2H3,(H,38,43)(H,39,42)(H,40,41,44)/b30-21-. The number of nitrogens with zero attached hydrogens (tertiary/aromatic N) is 1. The highest BCUT2D eigenvalue weighted by Gasteiger charge is 2.21. The van der Waals surface area contributed by atoms with Crippen molar-refractivity contribution in [2.24, 2.45) is 0 Å². The minimum absolute atomic E-state index is 0.0913. The molecular weight excluding hydrogens is 680 g/mol. The molecule has 5 rings (SSSR count). The summed E-state index contributed by atoms with van der Waals surface area (Å²) < 4.78 is 0.899. The molecule has 4 aromatic carbocycles. The Morgan fingerprint density at radius 2 is 1.59 bits per heavy atom. The maximum Gasteiger partial charge on any atom is 0.272 e. The molecule has 1 unspecified atom stereocenters. The molecule has 0 saturated carbocycles. The number of amides is 3. The summed E-state index contributed by atoms with van der Waals surface area (Å²) in [6, 6.07) is 33.3. The van der Waals surface area contributed by atoms with Gasteiger partial charge in [-0.25, -0.2) is 4.98 Å². The molecule has 3 amide bonds. The van der Waals surface area contributed by atoms with E-state index in [0.717, 1.165) is 31.1 Å². The SMILES string of the molecule is CCC(Sc1cccc(NC(=O)/C(=C/c2ccc(Br)cc2)NC(=O)c2ccccc2)c1)C(=O)Nc1nc(-c2ccccc2)c(C)s1. The highest BCUT2D eigenvalue weighted by atomic mass is 79.9. The molecule has 0 aliphatic rings. The number of aryl methyl sites for hydroxylation is 1. The molecule has 0 radical (unpaired) electrons. The van der Waals surface area contributed by atoms with Gasteiger partial charge in [0, 0.05) is 31.1 Å². The van der Waals surface area contributed by atoms with Gasteiger partial charge in [-0.3, -0.25) is 14.4 Å². The Labute approximate surface area is 284 Å².